The molecule has 1 radical (unpaired) electrons. The van der Waals surface area contributed by atoms with Gasteiger partial charge in [-0.2, -0.15) is 0 Å². The van der Waals surface area contributed by atoms with Gasteiger partial charge in [-0.15, -0.1) is 0 Å². The fraction of sp³-hybridized carbons (Fsp3) is 0.182. The highest BCUT2D eigenvalue weighted by Crippen LogP contribution is 2.30. The minimum atomic E-state index is 0.131. The standard InChI is InChI=1S/C11H11O/c1-2-12-11-8-7-9-5-3-4-6-10(9)11/h2-8,11H,1H3. The molecule has 0 amide bonds. The van der Waals surface area contributed by atoms with Gasteiger partial charge in [0, 0.05) is 0 Å². The van der Waals surface area contributed by atoms with E-state index in [2.05, 4.69) is 24.3 Å². The fourth-order valence-corrected chi connectivity index (χ4v) is 1.48. The molecular formula is C11H11O. The highest BCUT2D eigenvalue weighted by atomic mass is 16.5. The van der Waals surface area contributed by atoms with Crippen LogP contribution in [-0.4, -0.2) is 0 Å². The van der Waals surface area contributed by atoms with Gasteiger partial charge in [0.1, 0.15) is 6.10 Å². The molecule has 0 saturated carbocycles. The topological polar surface area (TPSA) is 9.23 Å². The van der Waals surface area contributed by atoms with Crippen molar-refractivity contribution in [2.24, 2.45) is 0 Å². The van der Waals surface area contributed by atoms with Gasteiger partial charge in [-0.1, -0.05) is 36.4 Å². The summed E-state index contributed by atoms with van der Waals surface area (Å²) in [6.45, 7) is 3.63. The zero-order chi connectivity index (χ0) is 8.39. The summed E-state index contributed by atoms with van der Waals surface area (Å²) in [5.74, 6) is 0. The molecule has 1 heteroatoms. The molecule has 0 fully saturated rings. The van der Waals surface area contributed by atoms with Crippen molar-refractivity contribution in [3.05, 3.63) is 48.1 Å². The van der Waals surface area contributed by atoms with Crippen LogP contribution < -0.4 is 0 Å². The minimum Gasteiger partial charge on any atom is -0.364 e. The first-order chi connectivity index (χ1) is 5.92. The van der Waals surface area contributed by atoms with Crippen molar-refractivity contribution in [3.8, 4) is 0 Å². The van der Waals surface area contributed by atoms with Crippen molar-refractivity contribution >= 4 is 6.08 Å². The average Bonchev–Trinajstić information content (AvgIpc) is 2.50. The molecule has 0 spiro atoms. The lowest BCUT2D eigenvalue weighted by Crippen LogP contribution is -1.95. The third kappa shape index (κ3) is 1.16. The van der Waals surface area contributed by atoms with E-state index >= 15 is 0 Å². The summed E-state index contributed by atoms with van der Waals surface area (Å²) in [4.78, 5) is 0. The van der Waals surface area contributed by atoms with Gasteiger partial charge in [-0.05, 0) is 18.1 Å². The molecule has 0 aliphatic heterocycles. The maximum atomic E-state index is 5.42. The van der Waals surface area contributed by atoms with Crippen molar-refractivity contribution < 1.29 is 4.74 Å². The third-order valence-corrected chi connectivity index (χ3v) is 2.04. The Morgan fingerprint density at radius 1 is 1.33 bits per heavy atom. The quantitative estimate of drug-likeness (QED) is 0.644. The summed E-state index contributed by atoms with van der Waals surface area (Å²) < 4.78 is 5.42. The number of hydrogen-bond donors (Lipinski definition) is 0. The zero-order valence-corrected chi connectivity index (χ0v) is 7.03. The summed E-state index contributed by atoms with van der Waals surface area (Å²) in [5, 5.41) is 0. The second-order valence-electron chi connectivity index (χ2n) is 2.78. The van der Waals surface area contributed by atoms with Gasteiger partial charge in [-0.3, -0.25) is 0 Å². The van der Waals surface area contributed by atoms with Crippen LogP contribution in [0.4, 0.5) is 0 Å². The lowest BCUT2D eigenvalue weighted by molar-refractivity contribution is 0.151. The SMILES string of the molecule is C[CH]OC1C=Cc2ccccc21. The van der Waals surface area contributed by atoms with Gasteiger partial charge in [0.05, 0.1) is 6.61 Å². The summed E-state index contributed by atoms with van der Waals surface area (Å²) >= 11 is 0. The average molecular weight is 159 g/mol. The maximum absolute atomic E-state index is 5.42. The Bertz CT molecular complexity index is 302. The molecule has 2 rings (SSSR count). The zero-order valence-electron chi connectivity index (χ0n) is 7.03. The Morgan fingerprint density at radius 3 is 3.00 bits per heavy atom. The van der Waals surface area contributed by atoms with E-state index in [-0.39, 0.29) is 6.10 Å². The Kier molecular flexibility index (Phi) is 1.96. The van der Waals surface area contributed by atoms with Gasteiger partial charge in [0.15, 0.2) is 0 Å². The molecule has 0 aromatic heterocycles. The Morgan fingerprint density at radius 2 is 2.17 bits per heavy atom. The molecule has 1 aliphatic carbocycles. The molecule has 12 heavy (non-hydrogen) atoms. The van der Waals surface area contributed by atoms with Gasteiger partial charge >= 0.3 is 0 Å². The van der Waals surface area contributed by atoms with Crippen LogP contribution in [-0.2, 0) is 4.74 Å². The number of rotatable bonds is 2. The normalized spacial score (nSPS) is 19.6. The lowest BCUT2D eigenvalue weighted by Gasteiger charge is -2.09. The molecule has 0 saturated heterocycles. The van der Waals surface area contributed by atoms with Crippen molar-refractivity contribution in [2.45, 2.75) is 13.0 Å². The van der Waals surface area contributed by atoms with Gasteiger partial charge in [0.2, 0.25) is 0 Å². The van der Waals surface area contributed by atoms with E-state index in [0.29, 0.717) is 0 Å². The largest absolute Gasteiger partial charge is 0.364 e. The van der Waals surface area contributed by atoms with Crippen molar-refractivity contribution in [2.75, 3.05) is 0 Å². The smallest absolute Gasteiger partial charge is 0.102 e. The van der Waals surface area contributed by atoms with E-state index in [9.17, 15) is 0 Å². The first-order valence-corrected chi connectivity index (χ1v) is 4.12. The first-order valence-electron chi connectivity index (χ1n) is 4.12. The molecule has 1 aromatic rings. The van der Waals surface area contributed by atoms with Gasteiger partial charge in [0.25, 0.3) is 0 Å². The van der Waals surface area contributed by atoms with E-state index < -0.39 is 0 Å². The summed E-state index contributed by atoms with van der Waals surface area (Å²) in [6, 6.07) is 8.29. The van der Waals surface area contributed by atoms with Gasteiger partial charge in [-0.25, -0.2) is 0 Å². The van der Waals surface area contributed by atoms with Crippen LogP contribution in [0.5, 0.6) is 0 Å². The van der Waals surface area contributed by atoms with Crippen LogP contribution in [0.15, 0.2) is 30.3 Å². The molecule has 1 aliphatic rings. The molecule has 1 unspecified atom stereocenters. The molecule has 0 heterocycles. The van der Waals surface area contributed by atoms with Crippen LogP contribution >= 0.6 is 0 Å². The van der Waals surface area contributed by atoms with Crippen molar-refractivity contribution in [1.29, 1.82) is 0 Å². The van der Waals surface area contributed by atoms with Crippen LogP contribution in [0.1, 0.15) is 24.2 Å². The molecule has 61 valence electrons. The van der Waals surface area contributed by atoms with Gasteiger partial charge < -0.3 is 4.74 Å². The Balaban J connectivity index is 2.30. The monoisotopic (exact) mass is 159 g/mol. The number of fused-ring (bicyclic) bond motifs is 1. The first kappa shape index (κ1) is 7.56. The molecule has 0 N–H and O–H groups in total. The van der Waals surface area contributed by atoms with E-state index in [4.69, 9.17) is 4.74 Å². The van der Waals surface area contributed by atoms with E-state index in [0.717, 1.165) is 0 Å². The predicted octanol–water partition coefficient (Wildman–Crippen LogP) is 2.95. The van der Waals surface area contributed by atoms with Crippen LogP contribution in [0, 0.1) is 6.61 Å². The summed E-state index contributed by atoms with van der Waals surface area (Å²) in [7, 11) is 0. The number of ether oxygens (including phenoxy) is 1. The number of hydrogen-bond acceptors (Lipinski definition) is 1. The minimum absolute atomic E-state index is 0.131. The summed E-state index contributed by atoms with van der Waals surface area (Å²) in [5.41, 5.74) is 2.53. The molecule has 1 aromatic carbocycles. The maximum Gasteiger partial charge on any atom is 0.102 e. The fourth-order valence-electron chi connectivity index (χ4n) is 1.48. The number of benzene rings is 1. The predicted molar refractivity (Wildman–Crippen MR) is 49.3 cm³/mol. The molecular weight excluding hydrogens is 148 g/mol. The highest BCUT2D eigenvalue weighted by Gasteiger charge is 2.15. The van der Waals surface area contributed by atoms with E-state index in [1.807, 2.05) is 19.1 Å². The third-order valence-electron chi connectivity index (χ3n) is 2.04. The second-order valence-corrected chi connectivity index (χ2v) is 2.78. The Labute approximate surface area is 72.7 Å². The van der Waals surface area contributed by atoms with E-state index in [1.54, 1.807) is 6.61 Å². The molecule has 1 nitrogen and oxygen atoms in total. The molecule has 0 bridgehead atoms. The second kappa shape index (κ2) is 3.11. The highest BCUT2D eigenvalue weighted by molar-refractivity contribution is 5.61. The molecule has 1 atom stereocenters. The van der Waals surface area contributed by atoms with Crippen LogP contribution in [0.2, 0.25) is 0 Å². The summed E-state index contributed by atoms with van der Waals surface area (Å²) in [6.07, 6.45) is 4.31. The van der Waals surface area contributed by atoms with Crippen molar-refractivity contribution in [1.82, 2.24) is 0 Å². The van der Waals surface area contributed by atoms with Crippen molar-refractivity contribution in [3.63, 3.8) is 0 Å². The van der Waals surface area contributed by atoms with Crippen LogP contribution in [0.3, 0.4) is 0 Å². The van der Waals surface area contributed by atoms with E-state index in [1.165, 1.54) is 11.1 Å². The lowest BCUT2D eigenvalue weighted by atomic mass is 10.1. The Hall–Kier alpha value is -1.08. The van der Waals surface area contributed by atoms with Crippen LogP contribution in [0.25, 0.3) is 6.08 Å².